The topological polar surface area (TPSA) is 64.9 Å². The molecule has 2 N–H and O–H groups in total. The van der Waals surface area contributed by atoms with E-state index in [2.05, 4.69) is 10.6 Å². The van der Waals surface area contributed by atoms with Gasteiger partial charge in [-0.05, 0) is 19.4 Å². The van der Waals surface area contributed by atoms with Crippen LogP contribution in [0.1, 0.15) is 12.8 Å². The summed E-state index contributed by atoms with van der Waals surface area (Å²) in [4.78, 5) is 11.1. The van der Waals surface area contributed by atoms with E-state index >= 15 is 0 Å². The van der Waals surface area contributed by atoms with Crippen molar-refractivity contribution in [2.24, 2.45) is 0 Å². The normalized spacial score (nSPS) is 22.6. The van der Waals surface area contributed by atoms with Gasteiger partial charge < -0.3 is 10.6 Å². The van der Waals surface area contributed by atoms with Crippen molar-refractivity contribution in [1.29, 1.82) is 5.26 Å². The van der Waals surface area contributed by atoms with Crippen LogP contribution in [0.2, 0.25) is 0 Å². The van der Waals surface area contributed by atoms with Crippen molar-refractivity contribution in [2.45, 2.75) is 18.9 Å². The first-order valence-corrected chi connectivity index (χ1v) is 3.72. The van der Waals surface area contributed by atoms with Gasteiger partial charge in [0.1, 0.15) is 6.54 Å². The fraction of sp³-hybridized carbons (Fsp3) is 0.714. The maximum Gasteiger partial charge on any atom is 0.237 e. The van der Waals surface area contributed by atoms with Crippen molar-refractivity contribution in [3.63, 3.8) is 0 Å². The van der Waals surface area contributed by atoms with Gasteiger partial charge in [-0.15, -0.1) is 0 Å². The molecule has 4 nitrogen and oxygen atoms in total. The average molecular weight is 153 g/mol. The van der Waals surface area contributed by atoms with Gasteiger partial charge in [-0.1, -0.05) is 0 Å². The average Bonchev–Trinajstić information content (AvgIpc) is 2.52. The predicted molar refractivity (Wildman–Crippen MR) is 39.6 cm³/mol. The van der Waals surface area contributed by atoms with Gasteiger partial charge in [0, 0.05) is 0 Å². The smallest absolute Gasteiger partial charge is 0.237 e. The van der Waals surface area contributed by atoms with Gasteiger partial charge in [0.2, 0.25) is 5.91 Å². The highest BCUT2D eigenvalue weighted by molar-refractivity contribution is 5.82. The minimum atomic E-state index is -0.0663. The van der Waals surface area contributed by atoms with Crippen LogP contribution in [0, 0.1) is 11.3 Å². The second-order valence-corrected chi connectivity index (χ2v) is 2.52. The molecular formula is C7H11N3O. The largest absolute Gasteiger partial charge is 0.342 e. The van der Waals surface area contributed by atoms with Crippen LogP contribution < -0.4 is 10.6 Å². The predicted octanol–water partition coefficient (Wildman–Crippen LogP) is -0.622. The van der Waals surface area contributed by atoms with Crippen molar-refractivity contribution < 1.29 is 4.79 Å². The van der Waals surface area contributed by atoms with Crippen molar-refractivity contribution in [3.05, 3.63) is 0 Å². The summed E-state index contributed by atoms with van der Waals surface area (Å²) < 4.78 is 0. The third kappa shape index (κ3) is 2.20. The minimum Gasteiger partial charge on any atom is -0.342 e. The molecule has 1 unspecified atom stereocenters. The number of nitriles is 1. The quantitative estimate of drug-likeness (QED) is 0.519. The van der Waals surface area contributed by atoms with Crippen LogP contribution in [0.3, 0.4) is 0 Å². The lowest BCUT2D eigenvalue weighted by Crippen LogP contribution is -2.40. The molecule has 1 aliphatic heterocycles. The standard InChI is InChI=1S/C7H11N3O/c8-3-5-10-7(11)6-2-1-4-9-6/h6,9H,1-2,4-5H2,(H,10,11). The van der Waals surface area contributed by atoms with Crippen LogP contribution in [0.4, 0.5) is 0 Å². The molecule has 1 atom stereocenters. The number of nitrogens with one attached hydrogen (secondary N) is 2. The number of rotatable bonds is 2. The van der Waals surface area contributed by atoms with Crippen LogP contribution in [0.25, 0.3) is 0 Å². The summed E-state index contributed by atoms with van der Waals surface area (Å²) in [5.74, 6) is -0.0518. The Labute approximate surface area is 65.6 Å². The van der Waals surface area contributed by atoms with Crippen molar-refractivity contribution >= 4 is 5.91 Å². The molecule has 0 aromatic heterocycles. The van der Waals surface area contributed by atoms with Gasteiger partial charge in [-0.2, -0.15) is 5.26 Å². The summed E-state index contributed by atoms with van der Waals surface area (Å²) in [5, 5.41) is 13.7. The zero-order valence-electron chi connectivity index (χ0n) is 6.26. The van der Waals surface area contributed by atoms with Gasteiger partial charge in [0.15, 0.2) is 0 Å². The molecule has 1 rings (SSSR count). The van der Waals surface area contributed by atoms with Gasteiger partial charge in [-0.25, -0.2) is 0 Å². The summed E-state index contributed by atoms with van der Waals surface area (Å²) >= 11 is 0. The Bertz CT molecular complexity index is 179. The van der Waals surface area contributed by atoms with E-state index in [1.165, 1.54) is 0 Å². The van der Waals surface area contributed by atoms with Crippen molar-refractivity contribution in [3.8, 4) is 6.07 Å². The van der Waals surface area contributed by atoms with Gasteiger partial charge in [-0.3, -0.25) is 4.79 Å². The first-order chi connectivity index (χ1) is 5.34. The van der Waals surface area contributed by atoms with E-state index in [0.717, 1.165) is 19.4 Å². The molecule has 1 heterocycles. The van der Waals surface area contributed by atoms with E-state index in [1.54, 1.807) is 0 Å². The third-order valence-electron chi connectivity index (χ3n) is 1.72. The van der Waals surface area contributed by atoms with E-state index < -0.39 is 0 Å². The molecule has 1 aliphatic rings. The molecular weight excluding hydrogens is 142 g/mol. The Morgan fingerprint density at radius 1 is 1.82 bits per heavy atom. The number of hydrogen-bond acceptors (Lipinski definition) is 3. The number of hydrogen-bond donors (Lipinski definition) is 2. The molecule has 0 aromatic rings. The molecule has 1 saturated heterocycles. The van der Waals surface area contributed by atoms with E-state index in [4.69, 9.17) is 5.26 Å². The van der Waals surface area contributed by atoms with E-state index in [-0.39, 0.29) is 18.5 Å². The van der Waals surface area contributed by atoms with Crippen molar-refractivity contribution in [2.75, 3.05) is 13.1 Å². The maximum absolute atomic E-state index is 11.1. The zero-order chi connectivity index (χ0) is 8.10. The summed E-state index contributed by atoms with van der Waals surface area (Å²) in [5.41, 5.74) is 0. The molecule has 0 radical (unpaired) electrons. The summed E-state index contributed by atoms with van der Waals surface area (Å²) in [6.07, 6.45) is 1.93. The minimum absolute atomic E-state index is 0.0518. The molecule has 0 bridgehead atoms. The van der Waals surface area contributed by atoms with Gasteiger partial charge in [0.05, 0.1) is 12.1 Å². The molecule has 0 aliphatic carbocycles. The second-order valence-electron chi connectivity index (χ2n) is 2.52. The van der Waals surface area contributed by atoms with E-state index in [9.17, 15) is 4.79 Å². The van der Waals surface area contributed by atoms with Crippen LogP contribution in [0.15, 0.2) is 0 Å². The second kappa shape index (κ2) is 3.94. The SMILES string of the molecule is N#CCNC(=O)C1CCCN1. The monoisotopic (exact) mass is 153 g/mol. The maximum atomic E-state index is 11.1. The lowest BCUT2D eigenvalue weighted by Gasteiger charge is -2.07. The lowest BCUT2D eigenvalue weighted by atomic mass is 10.2. The Morgan fingerprint density at radius 3 is 3.18 bits per heavy atom. The van der Waals surface area contributed by atoms with Gasteiger partial charge in [0.25, 0.3) is 0 Å². The molecule has 60 valence electrons. The van der Waals surface area contributed by atoms with Crippen LogP contribution in [0.5, 0.6) is 0 Å². The number of amides is 1. The summed E-state index contributed by atoms with van der Waals surface area (Å²) in [7, 11) is 0. The molecule has 0 saturated carbocycles. The Hall–Kier alpha value is -1.08. The third-order valence-corrected chi connectivity index (χ3v) is 1.72. The summed E-state index contributed by atoms with van der Waals surface area (Å²) in [6.45, 7) is 1.02. The molecule has 0 spiro atoms. The van der Waals surface area contributed by atoms with Gasteiger partial charge >= 0.3 is 0 Å². The highest BCUT2D eigenvalue weighted by atomic mass is 16.2. The molecule has 1 fully saturated rings. The van der Waals surface area contributed by atoms with E-state index in [1.807, 2.05) is 6.07 Å². The fourth-order valence-corrected chi connectivity index (χ4v) is 1.16. The zero-order valence-corrected chi connectivity index (χ0v) is 6.26. The summed E-state index contributed by atoms with van der Waals surface area (Å²) in [6, 6.07) is 1.80. The Kier molecular flexibility index (Phi) is 2.87. The first-order valence-electron chi connectivity index (χ1n) is 3.72. The molecule has 11 heavy (non-hydrogen) atoms. The Morgan fingerprint density at radius 2 is 2.64 bits per heavy atom. The highest BCUT2D eigenvalue weighted by Crippen LogP contribution is 2.03. The number of nitrogens with zero attached hydrogens (tertiary/aromatic N) is 1. The number of carbonyl (C=O) groups is 1. The fourth-order valence-electron chi connectivity index (χ4n) is 1.16. The van der Waals surface area contributed by atoms with E-state index in [0.29, 0.717) is 0 Å². The highest BCUT2D eigenvalue weighted by Gasteiger charge is 2.20. The lowest BCUT2D eigenvalue weighted by molar-refractivity contribution is -0.122. The van der Waals surface area contributed by atoms with Crippen molar-refractivity contribution in [1.82, 2.24) is 10.6 Å². The first kappa shape index (κ1) is 8.02. The van der Waals surface area contributed by atoms with Crippen LogP contribution in [-0.2, 0) is 4.79 Å². The van der Waals surface area contributed by atoms with Crippen LogP contribution >= 0.6 is 0 Å². The molecule has 0 aromatic carbocycles. The number of carbonyl (C=O) groups excluding carboxylic acids is 1. The van der Waals surface area contributed by atoms with Crippen LogP contribution in [-0.4, -0.2) is 25.0 Å². The Balaban J connectivity index is 2.24. The molecule has 4 heteroatoms. The molecule has 1 amide bonds.